The van der Waals surface area contributed by atoms with Gasteiger partial charge in [0, 0.05) is 5.69 Å². The largest absolute Gasteiger partial charge is 0.326 e. The van der Waals surface area contributed by atoms with E-state index in [2.05, 4.69) is 10.0 Å². The minimum absolute atomic E-state index is 0.118. The first-order chi connectivity index (χ1) is 10.9. The van der Waals surface area contributed by atoms with Crippen molar-refractivity contribution < 1.29 is 13.2 Å². The predicted molar refractivity (Wildman–Crippen MR) is 90.1 cm³/mol. The number of anilines is 2. The van der Waals surface area contributed by atoms with Crippen LogP contribution < -0.4 is 10.0 Å². The molecule has 2 N–H and O–H groups in total. The molecule has 2 aromatic rings. The van der Waals surface area contributed by atoms with Gasteiger partial charge in [-0.05, 0) is 41.3 Å². The van der Waals surface area contributed by atoms with Gasteiger partial charge in [-0.3, -0.25) is 9.52 Å². The molecule has 120 valence electrons. The van der Waals surface area contributed by atoms with Crippen molar-refractivity contribution in [3.8, 4) is 0 Å². The monoisotopic (exact) mass is 330 g/mol. The maximum Gasteiger partial charge on any atom is 0.261 e. The lowest BCUT2D eigenvalue weighted by Crippen LogP contribution is -2.14. The van der Waals surface area contributed by atoms with Crippen LogP contribution in [0.4, 0.5) is 11.4 Å². The van der Waals surface area contributed by atoms with Crippen LogP contribution in [0, 0.1) is 0 Å². The Hall–Kier alpha value is -2.34. The molecule has 1 aliphatic heterocycles. The van der Waals surface area contributed by atoms with Gasteiger partial charge in [0.1, 0.15) is 0 Å². The second-order valence-electron chi connectivity index (χ2n) is 5.89. The van der Waals surface area contributed by atoms with Crippen LogP contribution in [-0.4, -0.2) is 14.3 Å². The summed E-state index contributed by atoms with van der Waals surface area (Å²) in [6.45, 7) is 4.03. The fourth-order valence-corrected chi connectivity index (χ4v) is 3.81. The molecule has 2 aromatic carbocycles. The smallest absolute Gasteiger partial charge is 0.261 e. The number of amides is 1. The molecule has 0 bridgehead atoms. The van der Waals surface area contributed by atoms with E-state index in [1.165, 1.54) is 6.07 Å². The standard InChI is InChI=1S/C17H18N2O3S/c1-11(2)14-5-3-4-6-16(14)19-23(21,22)13-7-8-15-12(9-13)10-17(20)18-15/h3-9,11,19H,10H2,1-2H3,(H,18,20). The Kier molecular flexibility index (Phi) is 3.85. The summed E-state index contributed by atoms with van der Waals surface area (Å²) in [5.41, 5.74) is 2.90. The van der Waals surface area contributed by atoms with Crippen LogP contribution in [-0.2, 0) is 21.2 Å². The van der Waals surface area contributed by atoms with Crippen molar-refractivity contribution >= 4 is 27.3 Å². The van der Waals surface area contributed by atoms with Crippen molar-refractivity contribution in [2.45, 2.75) is 31.1 Å². The summed E-state index contributed by atoms with van der Waals surface area (Å²) < 4.78 is 27.9. The Morgan fingerprint density at radius 3 is 2.61 bits per heavy atom. The van der Waals surface area contributed by atoms with E-state index in [0.717, 1.165) is 5.56 Å². The van der Waals surface area contributed by atoms with E-state index in [9.17, 15) is 13.2 Å². The van der Waals surface area contributed by atoms with E-state index in [-0.39, 0.29) is 23.1 Å². The second kappa shape index (κ2) is 5.70. The molecule has 6 heteroatoms. The fraction of sp³-hybridized carbons (Fsp3) is 0.235. The maximum atomic E-state index is 12.6. The van der Waals surface area contributed by atoms with Gasteiger partial charge in [0.15, 0.2) is 0 Å². The van der Waals surface area contributed by atoms with Crippen LogP contribution in [0.25, 0.3) is 0 Å². The lowest BCUT2D eigenvalue weighted by Gasteiger charge is -2.15. The third kappa shape index (κ3) is 3.07. The quantitative estimate of drug-likeness (QED) is 0.904. The average molecular weight is 330 g/mol. The Morgan fingerprint density at radius 2 is 1.87 bits per heavy atom. The van der Waals surface area contributed by atoms with E-state index >= 15 is 0 Å². The van der Waals surface area contributed by atoms with Gasteiger partial charge in [0.05, 0.1) is 17.0 Å². The lowest BCUT2D eigenvalue weighted by molar-refractivity contribution is -0.115. The Morgan fingerprint density at radius 1 is 1.13 bits per heavy atom. The maximum absolute atomic E-state index is 12.6. The van der Waals surface area contributed by atoms with E-state index in [1.54, 1.807) is 24.3 Å². The molecule has 0 aromatic heterocycles. The molecule has 0 atom stereocenters. The molecular weight excluding hydrogens is 312 g/mol. The zero-order chi connectivity index (χ0) is 16.6. The number of hydrogen-bond acceptors (Lipinski definition) is 3. The third-order valence-electron chi connectivity index (χ3n) is 3.84. The van der Waals surface area contributed by atoms with E-state index in [4.69, 9.17) is 0 Å². The number of hydrogen-bond donors (Lipinski definition) is 2. The Labute approximate surface area is 135 Å². The normalized spacial score (nSPS) is 13.8. The lowest BCUT2D eigenvalue weighted by atomic mass is 10.0. The van der Waals surface area contributed by atoms with Gasteiger partial charge in [-0.15, -0.1) is 0 Å². The number of nitrogens with one attached hydrogen (secondary N) is 2. The van der Waals surface area contributed by atoms with E-state index in [0.29, 0.717) is 16.9 Å². The number of sulfonamides is 1. The van der Waals surface area contributed by atoms with Crippen molar-refractivity contribution in [1.82, 2.24) is 0 Å². The Balaban J connectivity index is 1.95. The fourth-order valence-electron chi connectivity index (χ4n) is 2.67. The minimum atomic E-state index is -3.70. The van der Waals surface area contributed by atoms with Crippen LogP contribution in [0.2, 0.25) is 0 Å². The molecule has 0 saturated carbocycles. The number of benzene rings is 2. The first-order valence-electron chi connectivity index (χ1n) is 7.41. The summed E-state index contributed by atoms with van der Waals surface area (Å²) >= 11 is 0. The third-order valence-corrected chi connectivity index (χ3v) is 5.20. The summed E-state index contributed by atoms with van der Waals surface area (Å²) in [5, 5.41) is 2.70. The van der Waals surface area contributed by atoms with Crippen molar-refractivity contribution in [3.63, 3.8) is 0 Å². The molecule has 0 fully saturated rings. The molecule has 0 unspecified atom stereocenters. The minimum Gasteiger partial charge on any atom is -0.326 e. The Bertz CT molecular complexity index is 873. The topological polar surface area (TPSA) is 75.3 Å². The predicted octanol–water partition coefficient (Wildman–Crippen LogP) is 3.11. The van der Waals surface area contributed by atoms with Gasteiger partial charge < -0.3 is 5.32 Å². The van der Waals surface area contributed by atoms with Crippen LogP contribution in [0.5, 0.6) is 0 Å². The number of fused-ring (bicyclic) bond motifs is 1. The summed E-state index contributed by atoms with van der Waals surface area (Å²) in [7, 11) is -3.70. The number of carbonyl (C=O) groups is 1. The number of rotatable bonds is 4. The molecule has 1 aliphatic rings. The molecule has 3 rings (SSSR count). The van der Waals surface area contributed by atoms with Crippen LogP contribution >= 0.6 is 0 Å². The zero-order valence-electron chi connectivity index (χ0n) is 13.0. The van der Waals surface area contributed by atoms with Gasteiger partial charge in [-0.1, -0.05) is 32.0 Å². The molecule has 1 heterocycles. The molecule has 0 aliphatic carbocycles. The highest BCUT2D eigenvalue weighted by molar-refractivity contribution is 7.92. The summed E-state index contributed by atoms with van der Waals surface area (Å²) in [4.78, 5) is 11.6. The van der Waals surface area contributed by atoms with Gasteiger partial charge in [-0.2, -0.15) is 0 Å². The highest BCUT2D eigenvalue weighted by Crippen LogP contribution is 2.29. The highest BCUT2D eigenvalue weighted by Gasteiger charge is 2.22. The molecule has 0 saturated heterocycles. The molecule has 5 nitrogen and oxygen atoms in total. The molecular formula is C17H18N2O3S. The van der Waals surface area contributed by atoms with Gasteiger partial charge in [0.25, 0.3) is 10.0 Å². The van der Waals surface area contributed by atoms with Crippen LogP contribution in [0.3, 0.4) is 0 Å². The number of para-hydroxylation sites is 1. The average Bonchev–Trinajstić information content (AvgIpc) is 2.86. The molecule has 0 spiro atoms. The first kappa shape index (κ1) is 15.6. The molecule has 23 heavy (non-hydrogen) atoms. The molecule has 0 radical (unpaired) electrons. The van der Waals surface area contributed by atoms with Gasteiger partial charge in [-0.25, -0.2) is 8.42 Å². The molecule has 1 amide bonds. The van der Waals surface area contributed by atoms with Gasteiger partial charge >= 0.3 is 0 Å². The van der Waals surface area contributed by atoms with E-state index < -0.39 is 10.0 Å². The summed E-state index contributed by atoms with van der Waals surface area (Å²) in [6.07, 6.45) is 0.210. The van der Waals surface area contributed by atoms with Crippen LogP contribution in [0.1, 0.15) is 30.9 Å². The van der Waals surface area contributed by atoms with E-state index in [1.807, 2.05) is 26.0 Å². The highest BCUT2D eigenvalue weighted by atomic mass is 32.2. The SMILES string of the molecule is CC(C)c1ccccc1NS(=O)(=O)c1ccc2c(c1)CC(=O)N2. The van der Waals surface area contributed by atoms with Crippen molar-refractivity contribution in [3.05, 3.63) is 53.6 Å². The summed E-state index contributed by atoms with van der Waals surface area (Å²) in [5.74, 6) is 0.0865. The first-order valence-corrected chi connectivity index (χ1v) is 8.89. The van der Waals surface area contributed by atoms with Gasteiger partial charge in [0.2, 0.25) is 5.91 Å². The van der Waals surface area contributed by atoms with Crippen molar-refractivity contribution in [2.75, 3.05) is 10.0 Å². The second-order valence-corrected chi connectivity index (χ2v) is 7.57. The number of carbonyl (C=O) groups excluding carboxylic acids is 1. The summed E-state index contributed by atoms with van der Waals surface area (Å²) in [6, 6.07) is 12.0. The van der Waals surface area contributed by atoms with Crippen molar-refractivity contribution in [2.24, 2.45) is 0 Å². The zero-order valence-corrected chi connectivity index (χ0v) is 13.8. The van der Waals surface area contributed by atoms with Crippen molar-refractivity contribution in [1.29, 1.82) is 0 Å². The van der Waals surface area contributed by atoms with Crippen LogP contribution in [0.15, 0.2) is 47.4 Å².